The van der Waals surface area contributed by atoms with Gasteiger partial charge in [0, 0.05) is 17.5 Å². The van der Waals surface area contributed by atoms with Crippen LogP contribution in [-0.4, -0.2) is 24.3 Å². The van der Waals surface area contributed by atoms with Crippen molar-refractivity contribution < 1.29 is 14.1 Å². The van der Waals surface area contributed by atoms with Crippen molar-refractivity contribution in [3.8, 4) is 22.5 Å². The number of nitrogens with one attached hydrogen (secondary N) is 1. The van der Waals surface area contributed by atoms with Crippen LogP contribution in [0, 0.1) is 6.92 Å². The quantitative estimate of drug-likeness (QED) is 0.185. The molecule has 5 heteroatoms. The van der Waals surface area contributed by atoms with Crippen molar-refractivity contribution in [2.24, 2.45) is 0 Å². The largest absolute Gasteiger partial charge is 0.466 e. The molecule has 0 bridgehead atoms. The van der Waals surface area contributed by atoms with E-state index in [1.807, 2.05) is 13.8 Å². The van der Waals surface area contributed by atoms with E-state index in [4.69, 9.17) is 9.26 Å². The van der Waals surface area contributed by atoms with Gasteiger partial charge in [0.25, 0.3) is 0 Å². The number of fused-ring (bicyclic) bond motifs is 1. The number of nitrogens with zero attached hydrogens (tertiary/aromatic N) is 1. The first-order valence-electron chi connectivity index (χ1n) is 14.1. The maximum absolute atomic E-state index is 12.1. The Bertz CT molecular complexity index is 1630. The summed E-state index contributed by atoms with van der Waals surface area (Å²) in [5.41, 5.74) is 7.52. The maximum Gasteiger partial charge on any atom is 0.306 e. The standard InChI is InChI=1S/C35H34N2O3/c1-3-39-32(38)23-35(19-20-35)31-16-14-28(15-17-31)27-10-12-29(13-11-27)34-33(24(2)37-40-34)36-21-18-25-8-9-26-6-4-5-7-30(26)22-25/h4-17,22,36H,3,18-21,23H2,1-2H3. The normalized spacial score (nSPS) is 13.8. The minimum absolute atomic E-state index is 0.0452. The van der Waals surface area contributed by atoms with Crippen molar-refractivity contribution in [3.63, 3.8) is 0 Å². The molecule has 1 aromatic heterocycles. The third kappa shape index (κ3) is 5.37. The zero-order chi connectivity index (χ0) is 27.5. The molecule has 0 aliphatic heterocycles. The van der Waals surface area contributed by atoms with Crippen LogP contribution in [0.1, 0.15) is 43.0 Å². The first kappa shape index (κ1) is 25.9. The summed E-state index contributed by atoms with van der Waals surface area (Å²) in [7, 11) is 0. The third-order valence-electron chi connectivity index (χ3n) is 8.01. The summed E-state index contributed by atoms with van der Waals surface area (Å²) in [6.45, 7) is 5.04. The number of aryl methyl sites for hydroxylation is 1. The van der Waals surface area contributed by atoms with Gasteiger partial charge in [-0.15, -0.1) is 0 Å². The molecule has 1 fully saturated rings. The van der Waals surface area contributed by atoms with Crippen molar-refractivity contribution in [1.82, 2.24) is 5.16 Å². The lowest BCUT2D eigenvalue weighted by Gasteiger charge is -2.15. The van der Waals surface area contributed by atoms with Crippen molar-refractivity contribution in [2.45, 2.75) is 44.9 Å². The number of carbonyl (C=O) groups is 1. The highest BCUT2D eigenvalue weighted by atomic mass is 16.5. The Morgan fingerprint density at radius 3 is 2.27 bits per heavy atom. The zero-order valence-electron chi connectivity index (χ0n) is 23.1. The Morgan fingerprint density at radius 2 is 1.57 bits per heavy atom. The summed E-state index contributed by atoms with van der Waals surface area (Å²) in [5, 5.41) is 10.3. The zero-order valence-corrected chi connectivity index (χ0v) is 23.1. The van der Waals surface area contributed by atoms with E-state index < -0.39 is 0 Å². The number of ether oxygens (including phenoxy) is 1. The van der Waals surface area contributed by atoms with Crippen LogP contribution in [0.4, 0.5) is 5.69 Å². The fourth-order valence-electron chi connectivity index (χ4n) is 5.54. The van der Waals surface area contributed by atoms with Gasteiger partial charge in [-0.3, -0.25) is 4.79 Å². The number of esters is 1. The molecule has 1 N–H and O–H groups in total. The molecule has 0 amide bonds. The van der Waals surface area contributed by atoms with E-state index >= 15 is 0 Å². The van der Waals surface area contributed by atoms with Crippen LogP contribution < -0.4 is 5.32 Å². The molecule has 0 atom stereocenters. The lowest BCUT2D eigenvalue weighted by Crippen LogP contribution is -2.15. The van der Waals surface area contributed by atoms with Crippen LogP contribution in [0.3, 0.4) is 0 Å². The molecule has 40 heavy (non-hydrogen) atoms. The lowest BCUT2D eigenvalue weighted by atomic mass is 9.91. The van der Waals surface area contributed by atoms with E-state index in [1.165, 1.54) is 21.9 Å². The van der Waals surface area contributed by atoms with Gasteiger partial charge in [0.2, 0.25) is 0 Å². The molecule has 1 heterocycles. The van der Waals surface area contributed by atoms with Gasteiger partial charge in [0.05, 0.1) is 13.0 Å². The first-order valence-corrected chi connectivity index (χ1v) is 14.1. The SMILES string of the molecule is CCOC(=O)CC1(c2ccc(-c3ccc(-c4onc(C)c4NCCc4ccc5ccccc5c4)cc3)cc2)CC1. The second-order valence-corrected chi connectivity index (χ2v) is 10.7. The fourth-order valence-corrected chi connectivity index (χ4v) is 5.54. The van der Waals surface area contributed by atoms with Crippen LogP contribution in [0.2, 0.25) is 0 Å². The van der Waals surface area contributed by atoms with Gasteiger partial charge in [-0.05, 0) is 66.1 Å². The van der Waals surface area contributed by atoms with Gasteiger partial charge in [0.15, 0.2) is 5.76 Å². The summed E-state index contributed by atoms with van der Waals surface area (Å²) in [6.07, 6.45) is 3.44. The highest BCUT2D eigenvalue weighted by Crippen LogP contribution is 2.51. The predicted octanol–water partition coefficient (Wildman–Crippen LogP) is 8.11. The van der Waals surface area contributed by atoms with Gasteiger partial charge in [0.1, 0.15) is 11.4 Å². The highest BCUT2D eigenvalue weighted by Gasteiger charge is 2.46. The molecule has 0 radical (unpaired) electrons. The van der Waals surface area contributed by atoms with Crippen molar-refractivity contribution >= 4 is 22.4 Å². The lowest BCUT2D eigenvalue weighted by molar-refractivity contribution is -0.143. The van der Waals surface area contributed by atoms with E-state index in [0.717, 1.165) is 59.6 Å². The van der Waals surface area contributed by atoms with E-state index in [9.17, 15) is 4.79 Å². The Morgan fingerprint density at radius 1 is 0.900 bits per heavy atom. The molecule has 5 nitrogen and oxygen atoms in total. The number of rotatable bonds is 10. The van der Waals surface area contributed by atoms with Gasteiger partial charge in [-0.1, -0.05) is 96.2 Å². The molecule has 4 aromatic carbocycles. The molecule has 0 unspecified atom stereocenters. The fraction of sp³-hybridized carbons (Fsp3) is 0.257. The minimum Gasteiger partial charge on any atom is -0.466 e. The topological polar surface area (TPSA) is 64.4 Å². The Labute approximate surface area is 235 Å². The number of hydrogen-bond donors (Lipinski definition) is 1. The van der Waals surface area contributed by atoms with Crippen LogP contribution in [0.15, 0.2) is 95.5 Å². The summed E-state index contributed by atoms with van der Waals surface area (Å²) < 4.78 is 10.9. The predicted molar refractivity (Wildman–Crippen MR) is 160 cm³/mol. The van der Waals surface area contributed by atoms with E-state index in [2.05, 4.69) is 101 Å². The Hall–Kier alpha value is -4.38. The molecule has 1 aliphatic carbocycles. The monoisotopic (exact) mass is 530 g/mol. The van der Waals surface area contributed by atoms with E-state index in [-0.39, 0.29) is 11.4 Å². The van der Waals surface area contributed by atoms with Gasteiger partial charge < -0.3 is 14.6 Å². The van der Waals surface area contributed by atoms with Crippen LogP contribution in [0.25, 0.3) is 33.2 Å². The number of benzene rings is 4. The van der Waals surface area contributed by atoms with Crippen molar-refractivity contribution in [3.05, 3.63) is 108 Å². The molecule has 0 spiro atoms. The van der Waals surface area contributed by atoms with Gasteiger partial charge >= 0.3 is 5.97 Å². The molecule has 1 saturated carbocycles. The summed E-state index contributed by atoms with van der Waals surface area (Å²) in [6, 6.07) is 32.1. The highest BCUT2D eigenvalue weighted by molar-refractivity contribution is 5.83. The summed E-state index contributed by atoms with van der Waals surface area (Å²) >= 11 is 0. The summed E-state index contributed by atoms with van der Waals surface area (Å²) in [4.78, 5) is 12.1. The number of carbonyl (C=O) groups excluding carboxylic acids is 1. The second kappa shape index (κ2) is 11.0. The Kier molecular flexibility index (Phi) is 7.12. The number of anilines is 1. The molecule has 0 saturated heterocycles. The average molecular weight is 531 g/mol. The molecular weight excluding hydrogens is 496 g/mol. The van der Waals surface area contributed by atoms with Crippen LogP contribution in [-0.2, 0) is 21.4 Å². The Balaban J connectivity index is 1.12. The smallest absolute Gasteiger partial charge is 0.306 e. The summed E-state index contributed by atoms with van der Waals surface area (Å²) in [5.74, 6) is 0.650. The van der Waals surface area contributed by atoms with E-state index in [0.29, 0.717) is 13.0 Å². The maximum atomic E-state index is 12.1. The van der Waals surface area contributed by atoms with Gasteiger partial charge in [-0.2, -0.15) is 0 Å². The molecule has 5 aromatic rings. The second-order valence-electron chi connectivity index (χ2n) is 10.7. The average Bonchev–Trinajstić information content (AvgIpc) is 3.67. The minimum atomic E-state index is -0.107. The van der Waals surface area contributed by atoms with Crippen LogP contribution in [0.5, 0.6) is 0 Å². The van der Waals surface area contributed by atoms with Crippen molar-refractivity contribution in [2.75, 3.05) is 18.5 Å². The third-order valence-corrected chi connectivity index (χ3v) is 8.01. The number of aromatic nitrogens is 1. The molecule has 202 valence electrons. The van der Waals surface area contributed by atoms with Crippen molar-refractivity contribution in [1.29, 1.82) is 0 Å². The molecular formula is C35H34N2O3. The first-order chi connectivity index (χ1) is 19.5. The van der Waals surface area contributed by atoms with Gasteiger partial charge in [-0.25, -0.2) is 0 Å². The molecule has 6 rings (SSSR count). The molecule has 1 aliphatic rings. The van der Waals surface area contributed by atoms with Crippen LogP contribution >= 0.6 is 0 Å². The van der Waals surface area contributed by atoms with E-state index in [1.54, 1.807) is 0 Å². The number of hydrogen-bond acceptors (Lipinski definition) is 5.